The summed E-state index contributed by atoms with van der Waals surface area (Å²) in [7, 11) is 1.60. The van der Waals surface area contributed by atoms with Crippen molar-refractivity contribution in [2.45, 2.75) is 18.8 Å². The second-order valence-electron chi connectivity index (χ2n) is 5.73. The van der Waals surface area contributed by atoms with Crippen LogP contribution in [0.5, 0.6) is 11.5 Å². The van der Waals surface area contributed by atoms with Gasteiger partial charge in [-0.1, -0.05) is 43.4 Å². The molecule has 1 aliphatic carbocycles. The maximum Gasteiger partial charge on any atom is 0.123 e. The van der Waals surface area contributed by atoms with Gasteiger partial charge in [0.15, 0.2) is 0 Å². The van der Waals surface area contributed by atoms with Crippen molar-refractivity contribution in [1.82, 2.24) is 4.98 Å². The number of allylic oxidation sites excluding steroid dienone is 4. The van der Waals surface area contributed by atoms with Gasteiger partial charge in [0.2, 0.25) is 0 Å². The molecular formula is C20H21NO2. The lowest BCUT2D eigenvalue weighted by molar-refractivity contribution is 0.388. The fraction of sp³-hybridized carbons (Fsp3) is 0.250. The molecule has 0 saturated carbocycles. The summed E-state index contributed by atoms with van der Waals surface area (Å²) in [6.45, 7) is 2.16. The highest BCUT2D eigenvalue weighted by Gasteiger charge is 2.41. The number of nitrogens with zero attached hydrogens (tertiary/aromatic N) is 1. The molecule has 3 rings (SSSR count). The van der Waals surface area contributed by atoms with Crippen molar-refractivity contribution in [3.8, 4) is 11.5 Å². The molecule has 0 aliphatic heterocycles. The van der Waals surface area contributed by atoms with Crippen LogP contribution in [-0.4, -0.2) is 17.2 Å². The molecule has 2 aromatic rings. The van der Waals surface area contributed by atoms with Gasteiger partial charge in [0.05, 0.1) is 18.2 Å². The Morgan fingerprint density at radius 3 is 2.74 bits per heavy atom. The molecular weight excluding hydrogens is 286 g/mol. The standard InChI is InChI=1S/C20H21NO2/c1-3-15-8-4-6-12-20(15,19-9-5-7-13-21-19)17-11-10-16(23-2)14-18(17)22/h4-15,22H,3H2,1-2H3. The first kappa shape index (κ1) is 15.3. The molecule has 2 atom stereocenters. The summed E-state index contributed by atoms with van der Waals surface area (Å²) in [5.41, 5.74) is 1.32. The van der Waals surface area contributed by atoms with Crippen molar-refractivity contribution in [3.63, 3.8) is 0 Å². The van der Waals surface area contributed by atoms with Gasteiger partial charge < -0.3 is 9.84 Å². The van der Waals surface area contributed by atoms with Gasteiger partial charge in [-0.05, 0) is 30.5 Å². The van der Waals surface area contributed by atoms with E-state index in [9.17, 15) is 5.11 Å². The summed E-state index contributed by atoms with van der Waals surface area (Å²) >= 11 is 0. The minimum atomic E-state index is -0.471. The van der Waals surface area contributed by atoms with E-state index in [-0.39, 0.29) is 11.7 Å². The molecule has 2 unspecified atom stereocenters. The highest BCUT2D eigenvalue weighted by atomic mass is 16.5. The average molecular weight is 307 g/mol. The maximum absolute atomic E-state index is 10.6. The monoisotopic (exact) mass is 307 g/mol. The lowest BCUT2D eigenvalue weighted by Crippen LogP contribution is -2.35. The number of hydrogen-bond donors (Lipinski definition) is 1. The highest BCUT2D eigenvalue weighted by Crippen LogP contribution is 2.47. The summed E-state index contributed by atoms with van der Waals surface area (Å²) in [5.74, 6) is 1.10. The highest BCUT2D eigenvalue weighted by molar-refractivity contribution is 5.54. The summed E-state index contributed by atoms with van der Waals surface area (Å²) < 4.78 is 5.22. The number of aromatic hydroxyl groups is 1. The zero-order valence-electron chi connectivity index (χ0n) is 13.4. The van der Waals surface area contributed by atoms with Crippen LogP contribution in [0.2, 0.25) is 0 Å². The minimum Gasteiger partial charge on any atom is -0.507 e. The fourth-order valence-corrected chi connectivity index (χ4v) is 3.44. The van der Waals surface area contributed by atoms with Crippen LogP contribution in [0, 0.1) is 5.92 Å². The van der Waals surface area contributed by atoms with Gasteiger partial charge >= 0.3 is 0 Å². The Balaban J connectivity index is 2.25. The lowest BCUT2D eigenvalue weighted by atomic mass is 9.64. The number of hydrogen-bond acceptors (Lipinski definition) is 3. The molecule has 1 aromatic carbocycles. The number of methoxy groups -OCH3 is 1. The van der Waals surface area contributed by atoms with Gasteiger partial charge in [-0.15, -0.1) is 0 Å². The third kappa shape index (κ3) is 2.52. The van der Waals surface area contributed by atoms with Crippen molar-refractivity contribution in [1.29, 1.82) is 0 Å². The number of benzene rings is 1. The summed E-state index contributed by atoms with van der Waals surface area (Å²) in [5, 5.41) is 10.6. The van der Waals surface area contributed by atoms with Gasteiger partial charge in [-0.25, -0.2) is 0 Å². The molecule has 0 amide bonds. The van der Waals surface area contributed by atoms with E-state index < -0.39 is 5.41 Å². The lowest BCUT2D eigenvalue weighted by Gasteiger charge is -2.39. The van der Waals surface area contributed by atoms with Crippen LogP contribution in [0.1, 0.15) is 24.6 Å². The predicted molar refractivity (Wildman–Crippen MR) is 91.7 cm³/mol. The van der Waals surface area contributed by atoms with Crippen LogP contribution in [-0.2, 0) is 5.41 Å². The van der Waals surface area contributed by atoms with Crippen LogP contribution in [0.15, 0.2) is 66.9 Å². The van der Waals surface area contributed by atoms with E-state index in [1.807, 2.05) is 36.4 Å². The number of aromatic nitrogens is 1. The minimum absolute atomic E-state index is 0.224. The first-order chi connectivity index (χ1) is 11.2. The maximum atomic E-state index is 10.6. The molecule has 1 heterocycles. The van der Waals surface area contributed by atoms with E-state index in [0.29, 0.717) is 5.75 Å². The second kappa shape index (κ2) is 6.29. The topological polar surface area (TPSA) is 42.4 Å². The Morgan fingerprint density at radius 2 is 2.09 bits per heavy atom. The Morgan fingerprint density at radius 1 is 1.22 bits per heavy atom. The van der Waals surface area contributed by atoms with Gasteiger partial charge in [0.1, 0.15) is 11.5 Å². The van der Waals surface area contributed by atoms with Crippen molar-refractivity contribution in [2.24, 2.45) is 5.92 Å². The zero-order chi connectivity index (χ0) is 16.3. The molecule has 3 nitrogen and oxygen atoms in total. The summed E-state index contributed by atoms with van der Waals surface area (Å²) in [6.07, 6.45) is 11.2. The fourth-order valence-electron chi connectivity index (χ4n) is 3.44. The van der Waals surface area contributed by atoms with E-state index in [1.54, 1.807) is 19.4 Å². The predicted octanol–water partition coefficient (Wildman–Crippen LogP) is 4.23. The largest absolute Gasteiger partial charge is 0.507 e. The van der Waals surface area contributed by atoms with E-state index >= 15 is 0 Å². The van der Waals surface area contributed by atoms with Crippen LogP contribution in [0.25, 0.3) is 0 Å². The van der Waals surface area contributed by atoms with Gasteiger partial charge in [0, 0.05) is 17.8 Å². The second-order valence-corrected chi connectivity index (χ2v) is 5.73. The van der Waals surface area contributed by atoms with E-state index in [0.717, 1.165) is 17.7 Å². The quantitative estimate of drug-likeness (QED) is 0.919. The van der Waals surface area contributed by atoms with Crippen LogP contribution < -0.4 is 4.74 Å². The molecule has 1 aromatic heterocycles. The number of ether oxygens (including phenoxy) is 1. The van der Waals surface area contributed by atoms with Crippen molar-refractivity contribution in [2.75, 3.05) is 7.11 Å². The normalized spacial score (nSPS) is 23.0. The number of phenolic OH excluding ortho intramolecular Hbond substituents is 1. The third-order valence-corrected chi connectivity index (χ3v) is 4.58. The third-order valence-electron chi connectivity index (χ3n) is 4.58. The van der Waals surface area contributed by atoms with Crippen molar-refractivity contribution < 1.29 is 9.84 Å². The number of rotatable bonds is 4. The first-order valence-corrected chi connectivity index (χ1v) is 7.87. The van der Waals surface area contributed by atoms with Crippen LogP contribution in [0.4, 0.5) is 0 Å². The van der Waals surface area contributed by atoms with E-state index in [2.05, 4.69) is 30.1 Å². The van der Waals surface area contributed by atoms with Crippen molar-refractivity contribution in [3.05, 3.63) is 78.2 Å². The molecule has 0 saturated heterocycles. The van der Waals surface area contributed by atoms with Crippen LogP contribution >= 0.6 is 0 Å². The Bertz CT molecular complexity index is 737. The molecule has 23 heavy (non-hydrogen) atoms. The Labute approximate surface area is 137 Å². The Kier molecular flexibility index (Phi) is 4.20. The van der Waals surface area contributed by atoms with E-state index in [4.69, 9.17) is 4.74 Å². The summed E-state index contributed by atoms with van der Waals surface area (Å²) in [4.78, 5) is 4.61. The molecule has 0 spiro atoms. The molecule has 1 aliphatic rings. The SMILES string of the molecule is CCC1C=CC=CC1(c1ccccn1)c1ccc(OC)cc1O. The molecule has 118 valence electrons. The number of phenols is 1. The van der Waals surface area contributed by atoms with Crippen LogP contribution in [0.3, 0.4) is 0 Å². The molecule has 0 fully saturated rings. The zero-order valence-corrected chi connectivity index (χ0v) is 13.4. The smallest absolute Gasteiger partial charge is 0.123 e. The Hall–Kier alpha value is -2.55. The summed E-state index contributed by atoms with van der Waals surface area (Å²) in [6, 6.07) is 11.4. The van der Waals surface area contributed by atoms with Gasteiger partial charge in [0.25, 0.3) is 0 Å². The first-order valence-electron chi connectivity index (χ1n) is 7.87. The van der Waals surface area contributed by atoms with Gasteiger partial charge in [-0.2, -0.15) is 0 Å². The van der Waals surface area contributed by atoms with E-state index in [1.165, 1.54) is 0 Å². The molecule has 0 radical (unpaired) electrons. The average Bonchev–Trinajstić information content (AvgIpc) is 2.62. The molecule has 1 N–H and O–H groups in total. The van der Waals surface area contributed by atoms with Gasteiger partial charge in [-0.3, -0.25) is 4.98 Å². The molecule has 3 heteroatoms. The van der Waals surface area contributed by atoms with Crippen molar-refractivity contribution >= 4 is 0 Å². The molecule has 0 bridgehead atoms. The number of pyridine rings is 1.